The van der Waals surface area contributed by atoms with Gasteiger partial charge in [0.25, 0.3) is 0 Å². The summed E-state index contributed by atoms with van der Waals surface area (Å²) in [7, 11) is 0. The molecule has 0 bridgehead atoms. The summed E-state index contributed by atoms with van der Waals surface area (Å²) in [4.78, 5) is 13.4. The average Bonchev–Trinajstić information content (AvgIpc) is 0.790. The Balaban J connectivity index is 1.60. The van der Waals surface area contributed by atoms with Crippen molar-refractivity contribution in [3.63, 3.8) is 0 Å². The highest BCUT2D eigenvalue weighted by Gasteiger charge is 2.51. The summed E-state index contributed by atoms with van der Waals surface area (Å²) in [5.74, 6) is -0.210. The minimum atomic E-state index is -1.79. The van der Waals surface area contributed by atoms with Crippen LogP contribution in [0.3, 0.4) is 0 Å². The molecule has 0 aliphatic carbocycles. The molecule has 12 unspecified atom stereocenters. The smallest absolute Gasteiger partial charge is 0.220 e. The molecule has 0 spiro atoms. The van der Waals surface area contributed by atoms with Crippen molar-refractivity contribution in [1.82, 2.24) is 5.32 Å². The van der Waals surface area contributed by atoms with Gasteiger partial charge in [0.1, 0.15) is 48.8 Å². The molecule has 0 aromatic carbocycles. The zero-order valence-electron chi connectivity index (χ0n) is 65.1. The van der Waals surface area contributed by atoms with Gasteiger partial charge in [-0.25, -0.2) is 0 Å². The maximum absolute atomic E-state index is 13.4. The largest absolute Gasteiger partial charge is 0.394 e. The van der Waals surface area contributed by atoms with Crippen LogP contribution in [-0.4, -0.2) is 140 Å². The molecule has 2 saturated heterocycles. The maximum atomic E-state index is 13.4. The fraction of sp³-hybridized carbons (Fsp3) is 0.807. The number of allylic oxidation sites excluding steroid dienone is 16. The van der Waals surface area contributed by atoms with Crippen LogP contribution in [0.1, 0.15) is 361 Å². The van der Waals surface area contributed by atoms with Crippen molar-refractivity contribution in [2.75, 3.05) is 19.8 Å². The predicted octanol–water partition coefficient (Wildman–Crippen LogP) is 20.0. The number of hydrogen-bond acceptors (Lipinski definition) is 13. The zero-order chi connectivity index (χ0) is 73.7. The van der Waals surface area contributed by atoms with Crippen LogP contribution in [0.15, 0.2) is 97.2 Å². The third kappa shape index (κ3) is 52.8. The lowest BCUT2D eigenvalue weighted by atomic mass is 9.97. The van der Waals surface area contributed by atoms with Crippen molar-refractivity contribution < 1.29 is 64.6 Å². The van der Waals surface area contributed by atoms with Crippen LogP contribution in [0.5, 0.6) is 0 Å². The lowest BCUT2D eigenvalue weighted by Crippen LogP contribution is -2.65. The number of carbonyl (C=O) groups excluding carboxylic acids is 1. The number of rotatable bonds is 71. The number of amides is 1. The molecule has 14 nitrogen and oxygen atoms in total. The number of unbranched alkanes of at least 4 members (excludes halogenated alkanes) is 42. The van der Waals surface area contributed by atoms with Gasteiger partial charge in [-0.3, -0.25) is 4.79 Å². The van der Waals surface area contributed by atoms with Crippen molar-refractivity contribution >= 4 is 5.91 Å². The van der Waals surface area contributed by atoms with E-state index in [1.807, 2.05) is 0 Å². The fourth-order valence-corrected chi connectivity index (χ4v) is 13.7. The highest BCUT2D eigenvalue weighted by Crippen LogP contribution is 2.30. The Kier molecular flexibility index (Phi) is 66.0. The number of ether oxygens (including phenoxy) is 4. The van der Waals surface area contributed by atoms with Gasteiger partial charge in [0.05, 0.1) is 32.0 Å². The molecule has 102 heavy (non-hydrogen) atoms. The number of aliphatic hydroxyl groups excluding tert-OH is 8. The molecule has 2 rings (SSSR count). The van der Waals surface area contributed by atoms with Crippen molar-refractivity contribution in [3.8, 4) is 0 Å². The molecular weight excluding hydrogens is 1280 g/mol. The summed E-state index contributed by atoms with van der Waals surface area (Å²) >= 11 is 0. The first-order valence-electron chi connectivity index (χ1n) is 42.5. The Morgan fingerprint density at radius 1 is 0.363 bits per heavy atom. The fourth-order valence-electron chi connectivity index (χ4n) is 13.7. The van der Waals surface area contributed by atoms with Gasteiger partial charge in [-0.05, 0) is 77.0 Å². The Morgan fingerprint density at radius 3 is 1.04 bits per heavy atom. The maximum Gasteiger partial charge on any atom is 0.220 e. The van der Waals surface area contributed by atoms with Gasteiger partial charge in [0.2, 0.25) is 5.91 Å². The molecule has 592 valence electrons. The van der Waals surface area contributed by atoms with Gasteiger partial charge in [-0.1, -0.05) is 374 Å². The van der Waals surface area contributed by atoms with Gasteiger partial charge in [0.15, 0.2) is 12.6 Å². The lowest BCUT2D eigenvalue weighted by molar-refractivity contribution is -0.359. The van der Waals surface area contributed by atoms with E-state index in [-0.39, 0.29) is 12.5 Å². The van der Waals surface area contributed by atoms with Crippen LogP contribution in [-0.2, 0) is 23.7 Å². The second-order valence-corrected chi connectivity index (χ2v) is 29.6. The Labute approximate surface area is 623 Å². The lowest BCUT2D eigenvalue weighted by Gasteiger charge is -2.46. The number of hydrogen-bond donors (Lipinski definition) is 9. The van der Waals surface area contributed by atoms with Crippen LogP contribution in [0.25, 0.3) is 0 Å². The highest BCUT2D eigenvalue weighted by molar-refractivity contribution is 5.76. The van der Waals surface area contributed by atoms with E-state index in [0.29, 0.717) is 19.3 Å². The van der Waals surface area contributed by atoms with E-state index in [2.05, 4.69) is 116 Å². The molecule has 0 aromatic heterocycles. The third-order valence-electron chi connectivity index (χ3n) is 20.3. The molecule has 0 radical (unpaired) electrons. The highest BCUT2D eigenvalue weighted by atomic mass is 16.7. The van der Waals surface area contributed by atoms with E-state index in [9.17, 15) is 45.6 Å². The van der Waals surface area contributed by atoms with E-state index < -0.39 is 86.8 Å². The average molecular weight is 1440 g/mol. The van der Waals surface area contributed by atoms with Gasteiger partial charge in [-0.15, -0.1) is 0 Å². The summed E-state index contributed by atoms with van der Waals surface area (Å²) in [6.07, 6.45) is 84.5. The predicted molar refractivity (Wildman–Crippen MR) is 424 cm³/mol. The molecule has 9 N–H and O–H groups in total. The first-order valence-corrected chi connectivity index (χ1v) is 42.5. The van der Waals surface area contributed by atoms with E-state index in [4.69, 9.17) is 18.9 Å². The molecule has 12 atom stereocenters. The van der Waals surface area contributed by atoms with Crippen molar-refractivity contribution in [3.05, 3.63) is 97.2 Å². The SMILES string of the molecule is CC/C=C\C/C=C\C/C=C\C/C=C\C/C=C\C/C=C\C/C=C\C/C=C\CCCCCCCCCCCCC(=O)NC(COC1OC(CO)C(OC2OC(CO)C(O)C(O)C2O)C(O)C1O)C(O)CCCCCCCCCCCCCCCCCCCCCCCCCCCCCCCCCCC. The second-order valence-electron chi connectivity index (χ2n) is 29.6. The van der Waals surface area contributed by atoms with Crippen LogP contribution in [0.2, 0.25) is 0 Å². The summed E-state index contributed by atoms with van der Waals surface area (Å²) in [5.41, 5.74) is 0. The Hall–Kier alpha value is -3.09. The first-order chi connectivity index (χ1) is 50.1. The Morgan fingerprint density at radius 2 is 0.676 bits per heavy atom. The molecule has 0 aromatic rings. The molecule has 2 heterocycles. The van der Waals surface area contributed by atoms with Gasteiger partial charge >= 0.3 is 0 Å². The van der Waals surface area contributed by atoms with E-state index in [0.717, 1.165) is 103 Å². The van der Waals surface area contributed by atoms with Crippen molar-refractivity contribution in [1.29, 1.82) is 0 Å². The van der Waals surface area contributed by atoms with E-state index in [1.165, 1.54) is 225 Å². The van der Waals surface area contributed by atoms with Crippen LogP contribution < -0.4 is 5.32 Å². The standard InChI is InChI=1S/C88H157NO13/c1-3-5-7-9-11-13-15-17-19-21-23-25-27-29-31-33-35-37-38-40-42-44-46-48-50-52-54-56-58-60-62-64-66-68-70-72-80(93)89-76(75-99-87-85(98)83(96)86(79(74-91)101-87)102-88-84(97)82(95)81(94)78(73-90)100-88)77(92)71-69-67-65-63-61-59-57-55-53-51-49-47-45-43-41-39-36-34-32-30-28-26-24-22-20-18-16-14-12-10-8-6-4-2/h5,7,11,13,17,19,23,25,29,31,35,37,40,42,46,48,76-79,81-88,90-92,94-98H,3-4,6,8-10,12,14-16,18,20-22,24,26-28,30,32-34,36,38-39,41,43-45,47,49-75H2,1-2H3,(H,89,93)/b7-5-,13-11-,19-17-,25-23-,31-29-,37-35-,42-40-,48-46-. The van der Waals surface area contributed by atoms with Crippen LogP contribution in [0, 0.1) is 0 Å². The quantitative estimate of drug-likeness (QED) is 0.0204. The van der Waals surface area contributed by atoms with E-state index >= 15 is 0 Å². The van der Waals surface area contributed by atoms with Crippen LogP contribution in [0.4, 0.5) is 0 Å². The van der Waals surface area contributed by atoms with Gasteiger partial charge in [-0.2, -0.15) is 0 Å². The first kappa shape index (κ1) is 95.0. The summed E-state index contributed by atoms with van der Waals surface area (Å²) in [6.45, 7) is 2.79. The summed E-state index contributed by atoms with van der Waals surface area (Å²) in [6, 6.07) is -0.840. The number of nitrogens with one attached hydrogen (secondary N) is 1. The Bertz CT molecular complexity index is 2090. The topological polar surface area (TPSA) is 228 Å². The van der Waals surface area contributed by atoms with E-state index in [1.54, 1.807) is 0 Å². The minimum absolute atomic E-state index is 0.210. The zero-order valence-corrected chi connectivity index (χ0v) is 65.1. The molecule has 0 saturated carbocycles. The third-order valence-corrected chi connectivity index (χ3v) is 20.3. The molecular formula is C88H157NO13. The number of carbonyl (C=O) groups is 1. The monoisotopic (exact) mass is 1440 g/mol. The molecule has 14 heteroatoms. The molecule has 2 aliphatic rings. The number of aliphatic hydroxyl groups is 8. The van der Waals surface area contributed by atoms with Gasteiger partial charge < -0.3 is 65.1 Å². The summed E-state index contributed by atoms with van der Waals surface area (Å²) < 4.78 is 23.0. The van der Waals surface area contributed by atoms with Crippen molar-refractivity contribution in [2.45, 2.75) is 434 Å². The molecule has 2 aliphatic heterocycles. The molecule has 2 fully saturated rings. The van der Waals surface area contributed by atoms with Crippen LogP contribution >= 0.6 is 0 Å². The minimum Gasteiger partial charge on any atom is -0.394 e. The second kappa shape index (κ2) is 70.9. The summed E-state index contributed by atoms with van der Waals surface area (Å²) in [5, 5.41) is 88.0. The molecule has 1 amide bonds. The van der Waals surface area contributed by atoms with Crippen molar-refractivity contribution in [2.24, 2.45) is 0 Å². The normalized spacial score (nSPS) is 22.1. The van der Waals surface area contributed by atoms with Gasteiger partial charge in [0, 0.05) is 6.42 Å².